The number of carbonyl (C=O) groups is 1. The minimum atomic E-state index is -0.0579. The monoisotopic (exact) mass is 336 g/mol. The number of ether oxygens (including phenoxy) is 1. The van der Waals surface area contributed by atoms with Gasteiger partial charge in [0.1, 0.15) is 17.0 Å². The third-order valence-electron chi connectivity index (χ3n) is 3.34. The van der Waals surface area contributed by atoms with Crippen molar-refractivity contribution in [3.8, 4) is 0 Å². The van der Waals surface area contributed by atoms with Crippen molar-refractivity contribution in [3.63, 3.8) is 0 Å². The maximum absolute atomic E-state index is 12.4. The topological polar surface area (TPSA) is 76.1 Å². The zero-order valence-corrected chi connectivity index (χ0v) is 14.9. The first-order valence-electron chi connectivity index (χ1n) is 7.92. The lowest BCUT2D eigenvalue weighted by Gasteiger charge is -2.08. The fourth-order valence-electron chi connectivity index (χ4n) is 2.26. The number of thiophene rings is 1. The summed E-state index contributed by atoms with van der Waals surface area (Å²) in [6.07, 6.45) is 2.55. The number of aryl methyl sites for hydroxylation is 1. The van der Waals surface area contributed by atoms with Crippen LogP contribution >= 0.6 is 11.3 Å². The van der Waals surface area contributed by atoms with Crippen LogP contribution in [0.1, 0.15) is 42.4 Å². The molecule has 0 radical (unpaired) electrons. The minimum absolute atomic E-state index is 0.0579. The van der Waals surface area contributed by atoms with Gasteiger partial charge in [0, 0.05) is 19.7 Å². The maximum atomic E-state index is 12.4. The standard InChI is InChI=1S/C16H24N4O2S/c1-5-17-14-12-11(4)13(23-16(12)20-9-19-14)15(21)18-7-6-8-22-10(2)3/h9-10H,5-8H2,1-4H3,(H,18,21)(H,17,19,20). The van der Waals surface area contributed by atoms with Crippen LogP contribution in [0.15, 0.2) is 6.33 Å². The van der Waals surface area contributed by atoms with E-state index < -0.39 is 0 Å². The molecule has 23 heavy (non-hydrogen) atoms. The number of aromatic nitrogens is 2. The van der Waals surface area contributed by atoms with Crippen molar-refractivity contribution < 1.29 is 9.53 Å². The number of fused-ring (bicyclic) bond motifs is 1. The second-order valence-corrected chi connectivity index (χ2v) is 6.52. The molecule has 0 fully saturated rings. The first-order valence-corrected chi connectivity index (χ1v) is 8.74. The number of nitrogens with zero attached hydrogens (tertiary/aromatic N) is 2. The Kier molecular flexibility index (Phi) is 6.29. The van der Waals surface area contributed by atoms with Crippen LogP contribution in [-0.4, -0.2) is 41.7 Å². The molecule has 0 bridgehead atoms. The van der Waals surface area contributed by atoms with E-state index >= 15 is 0 Å². The number of anilines is 1. The largest absolute Gasteiger partial charge is 0.379 e. The predicted molar refractivity (Wildman–Crippen MR) is 94.4 cm³/mol. The van der Waals surface area contributed by atoms with Crippen LogP contribution in [0.5, 0.6) is 0 Å². The summed E-state index contributed by atoms with van der Waals surface area (Å²) < 4.78 is 5.47. The number of rotatable bonds is 8. The molecular weight excluding hydrogens is 312 g/mol. The predicted octanol–water partition coefficient (Wildman–Crippen LogP) is 2.98. The van der Waals surface area contributed by atoms with Crippen LogP contribution < -0.4 is 10.6 Å². The van der Waals surface area contributed by atoms with E-state index in [1.807, 2.05) is 27.7 Å². The molecule has 0 aliphatic rings. The Morgan fingerprint density at radius 2 is 2.17 bits per heavy atom. The molecule has 1 amide bonds. The van der Waals surface area contributed by atoms with Crippen LogP contribution in [0, 0.1) is 6.92 Å². The van der Waals surface area contributed by atoms with Gasteiger partial charge in [-0.2, -0.15) is 0 Å². The Labute approximate surface area is 140 Å². The Balaban J connectivity index is 2.06. The van der Waals surface area contributed by atoms with E-state index in [-0.39, 0.29) is 12.0 Å². The molecule has 0 saturated carbocycles. The van der Waals surface area contributed by atoms with Crippen molar-refractivity contribution >= 4 is 33.3 Å². The van der Waals surface area contributed by atoms with E-state index in [2.05, 4.69) is 20.6 Å². The van der Waals surface area contributed by atoms with Crippen molar-refractivity contribution in [3.05, 3.63) is 16.8 Å². The SMILES string of the molecule is CCNc1ncnc2sc(C(=O)NCCCOC(C)C)c(C)c12. The number of carbonyl (C=O) groups excluding carboxylic acids is 1. The lowest BCUT2D eigenvalue weighted by molar-refractivity contribution is 0.0757. The summed E-state index contributed by atoms with van der Waals surface area (Å²) >= 11 is 1.41. The Hall–Kier alpha value is -1.73. The maximum Gasteiger partial charge on any atom is 0.261 e. The molecule has 0 unspecified atom stereocenters. The van der Waals surface area contributed by atoms with Crippen LogP contribution in [0.25, 0.3) is 10.2 Å². The molecule has 0 aliphatic heterocycles. The second kappa shape index (κ2) is 8.21. The summed E-state index contributed by atoms with van der Waals surface area (Å²) in [5.41, 5.74) is 0.928. The average Bonchev–Trinajstić information content (AvgIpc) is 2.85. The minimum Gasteiger partial charge on any atom is -0.379 e. The average molecular weight is 336 g/mol. The third-order valence-corrected chi connectivity index (χ3v) is 4.53. The van der Waals surface area contributed by atoms with E-state index in [9.17, 15) is 4.79 Å². The molecule has 2 aromatic heterocycles. The summed E-state index contributed by atoms with van der Waals surface area (Å²) in [6.45, 7) is 10.00. The summed E-state index contributed by atoms with van der Waals surface area (Å²) in [5.74, 6) is 0.730. The zero-order chi connectivity index (χ0) is 16.8. The molecule has 0 aliphatic carbocycles. The Morgan fingerprint density at radius 1 is 1.39 bits per heavy atom. The molecule has 2 N–H and O–H groups in total. The van der Waals surface area contributed by atoms with Gasteiger partial charge in [0.05, 0.1) is 16.4 Å². The van der Waals surface area contributed by atoms with Crippen LogP contribution in [-0.2, 0) is 4.74 Å². The molecule has 0 aromatic carbocycles. The van der Waals surface area contributed by atoms with Gasteiger partial charge in [0.2, 0.25) is 0 Å². The van der Waals surface area contributed by atoms with Gasteiger partial charge in [-0.25, -0.2) is 9.97 Å². The van der Waals surface area contributed by atoms with Crippen molar-refractivity contribution in [2.45, 2.75) is 40.2 Å². The van der Waals surface area contributed by atoms with Crippen molar-refractivity contribution in [2.75, 3.05) is 25.0 Å². The first-order chi connectivity index (χ1) is 11.0. The fraction of sp³-hybridized carbons (Fsp3) is 0.562. The highest BCUT2D eigenvalue weighted by atomic mass is 32.1. The van der Waals surface area contributed by atoms with Crippen LogP contribution in [0.3, 0.4) is 0 Å². The number of nitrogens with one attached hydrogen (secondary N) is 2. The molecule has 0 saturated heterocycles. The van der Waals surface area contributed by atoms with Gasteiger partial charge in [0.15, 0.2) is 0 Å². The molecule has 0 atom stereocenters. The summed E-state index contributed by atoms with van der Waals surface area (Å²) in [4.78, 5) is 22.5. The Morgan fingerprint density at radius 3 is 2.87 bits per heavy atom. The number of amides is 1. The second-order valence-electron chi connectivity index (χ2n) is 5.52. The van der Waals surface area contributed by atoms with E-state index in [0.717, 1.165) is 34.6 Å². The van der Waals surface area contributed by atoms with Crippen LogP contribution in [0.2, 0.25) is 0 Å². The van der Waals surface area contributed by atoms with Gasteiger partial charge in [-0.05, 0) is 39.7 Å². The highest BCUT2D eigenvalue weighted by molar-refractivity contribution is 7.20. The van der Waals surface area contributed by atoms with Gasteiger partial charge in [0.25, 0.3) is 5.91 Å². The zero-order valence-electron chi connectivity index (χ0n) is 14.1. The first kappa shape index (κ1) is 17.6. The van der Waals surface area contributed by atoms with Crippen molar-refractivity contribution in [1.82, 2.24) is 15.3 Å². The van der Waals surface area contributed by atoms with Crippen LogP contribution in [0.4, 0.5) is 5.82 Å². The smallest absolute Gasteiger partial charge is 0.261 e. The van der Waals surface area contributed by atoms with Gasteiger partial charge >= 0.3 is 0 Å². The molecular formula is C16H24N4O2S. The third kappa shape index (κ3) is 4.39. The van der Waals surface area contributed by atoms with Gasteiger partial charge < -0.3 is 15.4 Å². The molecule has 0 spiro atoms. The molecule has 2 heterocycles. The van der Waals surface area contributed by atoms with E-state index in [0.29, 0.717) is 18.0 Å². The van der Waals surface area contributed by atoms with Crippen molar-refractivity contribution in [2.24, 2.45) is 0 Å². The molecule has 6 nitrogen and oxygen atoms in total. The number of hydrogen-bond acceptors (Lipinski definition) is 6. The summed E-state index contributed by atoms with van der Waals surface area (Å²) in [7, 11) is 0. The Bertz CT molecular complexity index is 669. The number of hydrogen-bond donors (Lipinski definition) is 2. The summed E-state index contributed by atoms with van der Waals surface area (Å²) in [6, 6.07) is 0. The normalized spacial score (nSPS) is 11.2. The quantitative estimate of drug-likeness (QED) is 0.725. The highest BCUT2D eigenvalue weighted by Gasteiger charge is 2.18. The van der Waals surface area contributed by atoms with Crippen molar-refractivity contribution in [1.29, 1.82) is 0 Å². The molecule has 2 rings (SSSR count). The van der Waals surface area contributed by atoms with Gasteiger partial charge in [-0.1, -0.05) is 0 Å². The van der Waals surface area contributed by atoms with E-state index in [1.54, 1.807) is 0 Å². The summed E-state index contributed by atoms with van der Waals surface area (Å²) in [5, 5.41) is 7.11. The molecule has 2 aromatic rings. The molecule has 126 valence electrons. The lowest BCUT2D eigenvalue weighted by atomic mass is 10.2. The molecule has 7 heteroatoms. The van der Waals surface area contributed by atoms with E-state index in [1.165, 1.54) is 17.7 Å². The highest BCUT2D eigenvalue weighted by Crippen LogP contribution is 2.33. The fourth-order valence-corrected chi connectivity index (χ4v) is 3.33. The van der Waals surface area contributed by atoms with E-state index in [4.69, 9.17) is 4.74 Å². The van der Waals surface area contributed by atoms with Gasteiger partial charge in [-0.15, -0.1) is 11.3 Å². The van der Waals surface area contributed by atoms with Gasteiger partial charge in [-0.3, -0.25) is 4.79 Å². The lowest BCUT2D eigenvalue weighted by Crippen LogP contribution is -2.25.